The smallest absolute Gasteiger partial charge is 0.411 e. The highest BCUT2D eigenvalue weighted by Crippen LogP contribution is 2.48. The van der Waals surface area contributed by atoms with E-state index in [0.29, 0.717) is 41.2 Å². The van der Waals surface area contributed by atoms with Crippen molar-refractivity contribution in [2.45, 2.75) is 51.2 Å². The largest absolute Gasteiger partial charge is 0.506 e. The maximum Gasteiger partial charge on any atom is 0.411 e. The number of rotatable bonds is 8. The number of anilines is 1. The molecule has 4 aromatic carbocycles. The van der Waals surface area contributed by atoms with Gasteiger partial charge in [-0.2, -0.15) is 0 Å². The summed E-state index contributed by atoms with van der Waals surface area (Å²) in [5.74, 6) is 1.18. The summed E-state index contributed by atoms with van der Waals surface area (Å²) in [5, 5.41) is 16.6. The van der Waals surface area contributed by atoms with Crippen LogP contribution in [0.15, 0.2) is 78.9 Å². The number of carbonyl (C=O) groups is 2. The lowest BCUT2D eigenvalue weighted by Crippen LogP contribution is -2.38. The number of ether oxygens (including phenoxy) is 5. The van der Waals surface area contributed by atoms with Crippen molar-refractivity contribution in [3.05, 3.63) is 107 Å². The quantitative estimate of drug-likeness (QED) is 0.160. The molecule has 2 aliphatic carbocycles. The fourth-order valence-corrected chi connectivity index (χ4v) is 6.75. The predicted molar refractivity (Wildman–Crippen MR) is 191 cm³/mol. The van der Waals surface area contributed by atoms with Crippen LogP contribution in [0.3, 0.4) is 0 Å². The Morgan fingerprint density at radius 1 is 0.820 bits per heavy atom. The molecule has 1 atom stereocenters. The second-order valence-electron chi connectivity index (χ2n) is 13.2. The number of aromatic hydroxyl groups is 1. The van der Waals surface area contributed by atoms with Crippen molar-refractivity contribution in [1.82, 2.24) is 5.32 Å². The Morgan fingerprint density at radius 3 is 2.10 bits per heavy atom. The van der Waals surface area contributed by atoms with Gasteiger partial charge in [0.05, 0.1) is 33.1 Å². The maximum atomic E-state index is 13.2. The van der Waals surface area contributed by atoms with E-state index in [0.717, 1.165) is 33.4 Å². The molecule has 2 amide bonds. The first kappa shape index (κ1) is 34.2. The summed E-state index contributed by atoms with van der Waals surface area (Å²) in [5.41, 5.74) is 6.95. The van der Waals surface area contributed by atoms with Gasteiger partial charge >= 0.3 is 12.2 Å². The summed E-state index contributed by atoms with van der Waals surface area (Å²) in [4.78, 5) is 26.1. The van der Waals surface area contributed by atoms with E-state index in [-0.39, 0.29) is 24.0 Å². The summed E-state index contributed by atoms with van der Waals surface area (Å²) < 4.78 is 28.5. The molecule has 6 rings (SSSR count). The van der Waals surface area contributed by atoms with Gasteiger partial charge in [-0.15, -0.1) is 0 Å². The number of nitrogens with one attached hydrogen (secondary N) is 2. The maximum absolute atomic E-state index is 13.2. The highest BCUT2D eigenvalue weighted by atomic mass is 16.6. The highest BCUT2D eigenvalue weighted by Gasteiger charge is 2.30. The Morgan fingerprint density at radius 2 is 1.48 bits per heavy atom. The van der Waals surface area contributed by atoms with Gasteiger partial charge < -0.3 is 34.1 Å². The van der Waals surface area contributed by atoms with Gasteiger partial charge in [-0.05, 0) is 90.8 Å². The molecule has 10 nitrogen and oxygen atoms in total. The van der Waals surface area contributed by atoms with Gasteiger partial charge in [0.1, 0.15) is 18.0 Å². The molecule has 0 saturated heterocycles. The molecular formula is C40H42N2O8. The molecule has 2 aliphatic rings. The van der Waals surface area contributed by atoms with Gasteiger partial charge in [0, 0.05) is 11.5 Å². The van der Waals surface area contributed by atoms with Gasteiger partial charge in [-0.3, -0.25) is 5.32 Å². The van der Waals surface area contributed by atoms with Gasteiger partial charge in [0.15, 0.2) is 11.5 Å². The predicted octanol–water partition coefficient (Wildman–Crippen LogP) is 8.05. The second kappa shape index (κ2) is 14.1. The van der Waals surface area contributed by atoms with Crippen molar-refractivity contribution < 1.29 is 38.4 Å². The zero-order valence-electron chi connectivity index (χ0n) is 29.1. The third-order valence-electron chi connectivity index (χ3n) is 8.89. The molecule has 3 N–H and O–H groups in total. The summed E-state index contributed by atoms with van der Waals surface area (Å²) in [6.07, 6.45) is 1.75. The van der Waals surface area contributed by atoms with Gasteiger partial charge in [-0.25, -0.2) is 9.59 Å². The fraction of sp³-hybridized carbons (Fsp3) is 0.300. The van der Waals surface area contributed by atoms with Crippen LogP contribution in [-0.4, -0.2) is 56.9 Å². The molecular weight excluding hydrogens is 636 g/mol. The van der Waals surface area contributed by atoms with E-state index in [1.54, 1.807) is 33.5 Å². The van der Waals surface area contributed by atoms with Crippen molar-refractivity contribution >= 4 is 23.4 Å². The zero-order valence-corrected chi connectivity index (χ0v) is 29.1. The number of alkyl carbamates (subject to hydrolysis) is 1. The van der Waals surface area contributed by atoms with Crippen molar-refractivity contribution in [2.24, 2.45) is 0 Å². The minimum absolute atomic E-state index is 0.114. The SMILES string of the molecule is COc1cc2c(c(OC)c1OC)CCC(NC(=O)OC(C)(C)C)C=C2c1ccc(O)c(NC(=O)OCC2c3ccccc3-c3ccccc32)c1. The van der Waals surface area contributed by atoms with Crippen LogP contribution in [0.1, 0.15) is 60.9 Å². The van der Waals surface area contributed by atoms with Crippen LogP contribution in [0.2, 0.25) is 0 Å². The Balaban J connectivity index is 1.31. The van der Waals surface area contributed by atoms with E-state index < -0.39 is 23.8 Å². The summed E-state index contributed by atoms with van der Waals surface area (Å²) in [7, 11) is 4.67. The number of hydrogen-bond donors (Lipinski definition) is 3. The number of fused-ring (bicyclic) bond motifs is 4. The van der Waals surface area contributed by atoms with Crippen LogP contribution in [0.5, 0.6) is 23.0 Å². The Kier molecular flexibility index (Phi) is 9.63. The molecule has 4 aromatic rings. The minimum Gasteiger partial charge on any atom is -0.506 e. The summed E-state index contributed by atoms with van der Waals surface area (Å²) in [6.45, 7) is 5.55. The number of phenols is 1. The lowest BCUT2D eigenvalue weighted by molar-refractivity contribution is 0.0512. The molecule has 0 bridgehead atoms. The third kappa shape index (κ3) is 6.92. The molecule has 0 aliphatic heterocycles. The van der Waals surface area contributed by atoms with Crippen molar-refractivity contribution in [2.75, 3.05) is 33.3 Å². The topological polar surface area (TPSA) is 125 Å². The molecule has 10 heteroatoms. The zero-order chi connectivity index (χ0) is 35.6. The first-order valence-corrected chi connectivity index (χ1v) is 16.5. The van der Waals surface area contributed by atoms with Crippen LogP contribution in [0, 0.1) is 0 Å². The fourth-order valence-electron chi connectivity index (χ4n) is 6.75. The Bertz CT molecular complexity index is 1920. The monoisotopic (exact) mass is 678 g/mol. The highest BCUT2D eigenvalue weighted by molar-refractivity contribution is 5.91. The van der Waals surface area contributed by atoms with Crippen LogP contribution in [-0.2, 0) is 15.9 Å². The number of carbonyl (C=O) groups excluding carboxylic acids is 2. The van der Waals surface area contributed by atoms with Crippen LogP contribution in [0.4, 0.5) is 15.3 Å². The van der Waals surface area contributed by atoms with E-state index >= 15 is 0 Å². The minimum atomic E-state index is -0.702. The first-order chi connectivity index (χ1) is 24.0. The lowest BCUT2D eigenvalue weighted by Gasteiger charge is -2.22. The number of benzene rings is 4. The molecule has 260 valence electrons. The molecule has 0 saturated carbocycles. The molecule has 0 aromatic heterocycles. The van der Waals surface area contributed by atoms with Gasteiger partial charge in [0.25, 0.3) is 0 Å². The van der Waals surface area contributed by atoms with E-state index in [1.807, 2.05) is 57.2 Å². The second-order valence-corrected chi connectivity index (χ2v) is 13.2. The van der Waals surface area contributed by atoms with Crippen molar-refractivity contribution in [1.29, 1.82) is 0 Å². The van der Waals surface area contributed by atoms with Crippen molar-refractivity contribution in [3.63, 3.8) is 0 Å². The van der Waals surface area contributed by atoms with E-state index in [9.17, 15) is 14.7 Å². The van der Waals surface area contributed by atoms with E-state index in [4.69, 9.17) is 23.7 Å². The molecule has 0 heterocycles. The average Bonchev–Trinajstić information content (AvgIpc) is 3.30. The molecule has 0 radical (unpaired) electrons. The van der Waals surface area contributed by atoms with E-state index in [2.05, 4.69) is 34.9 Å². The molecule has 0 spiro atoms. The summed E-state index contributed by atoms with van der Waals surface area (Å²) in [6, 6.07) is 22.6. The number of methoxy groups -OCH3 is 3. The Labute approximate surface area is 292 Å². The number of hydrogen-bond acceptors (Lipinski definition) is 8. The van der Waals surface area contributed by atoms with Crippen LogP contribution in [0.25, 0.3) is 16.7 Å². The third-order valence-corrected chi connectivity index (χ3v) is 8.89. The number of phenolic OH excluding ortho intramolecular Hbond substituents is 1. The Hall–Kier alpha value is -5.64. The van der Waals surface area contributed by atoms with Crippen LogP contribution < -0.4 is 24.8 Å². The first-order valence-electron chi connectivity index (χ1n) is 16.5. The summed E-state index contributed by atoms with van der Waals surface area (Å²) >= 11 is 0. The normalized spacial score (nSPS) is 15.0. The number of amides is 2. The standard InChI is InChI=1S/C40H42N2O8/c1-40(2,3)50-39(45)41-24-16-17-29-31(21-35(46-4)37(48-6)36(29)47-5)30(20-24)23-15-18-34(43)33(19-23)42-38(44)49-22-32-27-13-9-7-11-25(27)26-12-8-10-14-28(26)32/h7-15,18-21,24,32,43H,16-17,22H2,1-6H3,(H,41,45)(H,42,44). The van der Waals surface area contributed by atoms with Crippen LogP contribution >= 0.6 is 0 Å². The average molecular weight is 679 g/mol. The molecule has 0 fully saturated rings. The van der Waals surface area contributed by atoms with Crippen molar-refractivity contribution in [3.8, 4) is 34.1 Å². The van der Waals surface area contributed by atoms with Gasteiger partial charge in [0.2, 0.25) is 5.75 Å². The van der Waals surface area contributed by atoms with Gasteiger partial charge in [-0.1, -0.05) is 60.7 Å². The van der Waals surface area contributed by atoms with E-state index in [1.165, 1.54) is 6.07 Å². The lowest BCUT2D eigenvalue weighted by atomic mass is 9.92. The molecule has 1 unspecified atom stereocenters. The molecule has 50 heavy (non-hydrogen) atoms.